The van der Waals surface area contributed by atoms with Crippen LogP contribution in [0.25, 0.3) is 0 Å². The van der Waals surface area contributed by atoms with Crippen molar-refractivity contribution in [2.75, 3.05) is 16.4 Å². The van der Waals surface area contributed by atoms with E-state index < -0.39 is 25.0 Å². The molecule has 78 heavy (non-hydrogen) atoms. The molecule has 0 bridgehead atoms. The van der Waals surface area contributed by atoms with Crippen molar-refractivity contribution in [2.24, 2.45) is 0 Å². The van der Waals surface area contributed by atoms with E-state index in [9.17, 15) is 0 Å². The van der Waals surface area contributed by atoms with Gasteiger partial charge in [0.05, 0.1) is 17.1 Å². The Labute approximate surface area is 465 Å². The third-order valence-corrected chi connectivity index (χ3v) is 25.5. The van der Waals surface area contributed by atoms with Gasteiger partial charge >= 0.3 is 0 Å². The molecule has 3 N–H and O–H groups in total. The molecule has 0 saturated heterocycles. The van der Waals surface area contributed by atoms with E-state index in [0.717, 1.165) is 71.5 Å². The molecule has 0 amide bonds. The van der Waals surface area contributed by atoms with E-state index in [1.165, 1.54) is 50.1 Å². The number of rotatable bonds is 27. The zero-order chi connectivity index (χ0) is 53.0. The molecule has 10 aromatic carbocycles. The van der Waals surface area contributed by atoms with E-state index in [1.807, 2.05) is 0 Å². The normalized spacial score (nSPS) is 11.7. The van der Waals surface area contributed by atoms with Gasteiger partial charge in [-0.2, -0.15) is 0 Å². The molecule has 6 nitrogen and oxygen atoms in total. The van der Waals surface area contributed by atoms with E-state index in [4.69, 9.17) is 13.6 Å². The Bertz CT molecular complexity index is 2640. The molecule has 0 fully saturated rings. The molecule has 0 heterocycles. The molecule has 0 aliphatic heterocycles. The van der Waals surface area contributed by atoms with E-state index in [0.29, 0.717) is 0 Å². The van der Waals surface area contributed by atoms with Crippen LogP contribution in [0.15, 0.2) is 291 Å². The van der Waals surface area contributed by atoms with Crippen molar-refractivity contribution in [2.45, 2.75) is 54.4 Å². The predicted molar refractivity (Wildman–Crippen MR) is 329 cm³/mol. The van der Waals surface area contributed by atoms with E-state index in [2.05, 4.69) is 308 Å². The zero-order valence-corrected chi connectivity index (χ0v) is 47.3. The minimum Gasteiger partial charge on any atom is -0.321 e. The molecule has 0 saturated carbocycles. The molecule has 10 rings (SSSR count). The maximum atomic E-state index is 7.47. The lowest BCUT2D eigenvalue weighted by Crippen LogP contribution is -2.49. The molecule has 0 atom stereocenters. The first-order valence-electron chi connectivity index (χ1n) is 27.3. The smallest absolute Gasteiger partial charge is 0.242 e. The van der Waals surface area contributed by atoms with Crippen LogP contribution < -0.4 is 16.4 Å². The Kier molecular flexibility index (Phi) is 18.5. The van der Waals surface area contributed by atoms with E-state index in [1.54, 1.807) is 0 Å². The fourth-order valence-corrected chi connectivity index (χ4v) is 22.5. The maximum Gasteiger partial charge on any atom is 0.242 e. The molecule has 0 radical (unpaired) electrons. The van der Waals surface area contributed by atoms with Crippen molar-refractivity contribution < 1.29 is 13.6 Å². The van der Waals surface area contributed by atoms with Crippen molar-refractivity contribution in [3.05, 3.63) is 341 Å². The lowest BCUT2D eigenvalue weighted by molar-refractivity contribution is 0.373. The highest BCUT2D eigenvalue weighted by Crippen LogP contribution is 2.32. The minimum atomic E-state index is -2.79. The van der Waals surface area contributed by atoms with Crippen molar-refractivity contribution in [3.63, 3.8) is 0 Å². The van der Waals surface area contributed by atoms with Gasteiger partial charge in [-0.3, -0.25) is 16.4 Å². The Balaban J connectivity index is 1.06. The molecule has 0 spiro atoms. The van der Waals surface area contributed by atoms with Crippen LogP contribution in [0.4, 0.5) is 17.1 Å². The highest BCUT2D eigenvalue weighted by molar-refractivity contribution is 6.73. The largest absolute Gasteiger partial charge is 0.321 e. The molecular formula is C69H69N3O3Si3. The van der Waals surface area contributed by atoms with Crippen LogP contribution in [-0.4, -0.2) is 25.0 Å². The average Bonchev–Trinajstić information content (AvgIpc) is 3.50. The predicted octanol–water partition coefficient (Wildman–Crippen LogP) is 15.6. The molecule has 0 unspecified atom stereocenters. The third-order valence-electron chi connectivity index (χ3n) is 14.4. The highest BCUT2D eigenvalue weighted by Gasteiger charge is 2.40. The zero-order valence-electron chi connectivity index (χ0n) is 44.3. The molecule has 0 aromatic heterocycles. The summed E-state index contributed by atoms with van der Waals surface area (Å²) >= 11 is 0. The summed E-state index contributed by atoms with van der Waals surface area (Å²) in [5.41, 5.74) is 24.6. The fourth-order valence-electron chi connectivity index (χ4n) is 10.9. The molecule has 0 aliphatic rings. The Morgan fingerprint density at radius 2 is 0.321 bits per heavy atom. The Morgan fingerprint density at radius 1 is 0.192 bits per heavy atom. The summed E-state index contributed by atoms with van der Waals surface area (Å²) in [6, 6.07) is 111. The first-order valence-corrected chi connectivity index (χ1v) is 34.9. The lowest BCUT2D eigenvalue weighted by atomic mass is 10.2. The van der Waals surface area contributed by atoms with Gasteiger partial charge in [0.2, 0.25) is 25.0 Å². The quantitative estimate of drug-likeness (QED) is 0.0352. The van der Waals surface area contributed by atoms with Gasteiger partial charge in [0.15, 0.2) is 0 Å². The monoisotopic (exact) mass is 1070 g/mol. The second-order valence-corrected chi connectivity index (χ2v) is 31.8. The van der Waals surface area contributed by atoms with Crippen LogP contribution in [0.3, 0.4) is 0 Å². The van der Waals surface area contributed by atoms with Crippen LogP contribution in [0.5, 0.6) is 0 Å². The van der Waals surface area contributed by atoms with Gasteiger partial charge in [0, 0.05) is 0 Å². The summed E-state index contributed by atoms with van der Waals surface area (Å²) in [6.07, 6.45) is 0. The molecule has 10 aromatic rings. The minimum absolute atomic E-state index is 0.781. The van der Waals surface area contributed by atoms with Crippen LogP contribution in [0, 0.1) is 0 Å². The van der Waals surface area contributed by atoms with Gasteiger partial charge in [-0.25, -0.2) is 0 Å². The fraction of sp³-hybridized carbons (Fsp3) is 0.130. The molecule has 390 valence electrons. The third kappa shape index (κ3) is 15.9. The van der Waals surface area contributed by atoms with Gasteiger partial charge in [-0.15, -0.1) is 0 Å². The number of anilines is 3. The second-order valence-electron chi connectivity index (χ2n) is 20.9. The maximum absolute atomic E-state index is 7.47. The number of nitrogens with one attached hydrogen (secondary N) is 3. The Morgan fingerprint density at radius 3 is 0.449 bits per heavy atom. The van der Waals surface area contributed by atoms with Gasteiger partial charge in [-0.05, 0) is 123 Å². The molecule has 9 heteroatoms. The molecule has 0 aliphatic carbocycles. The van der Waals surface area contributed by atoms with Crippen molar-refractivity contribution in [1.29, 1.82) is 0 Å². The highest BCUT2D eigenvalue weighted by atomic mass is 28.4. The number of hydrogen-bond acceptors (Lipinski definition) is 6. The van der Waals surface area contributed by atoms with Gasteiger partial charge in [-0.1, -0.05) is 273 Å². The summed E-state index contributed by atoms with van der Waals surface area (Å²) in [7, 11) is -8.38. The van der Waals surface area contributed by atoms with Gasteiger partial charge in [0.1, 0.15) is 0 Å². The van der Waals surface area contributed by atoms with Crippen LogP contribution in [0.2, 0.25) is 0 Å². The SMILES string of the molecule is c1ccc(C[Si](Cc2ccccc2)(Cc2ccccc2)ONc2cc(NO[Si](Cc3ccccc3)(Cc3ccccc3)Cc3ccccc3)cc(NO[Si](Cc3ccccc3)(Cc3ccccc3)Cc3ccccc3)c2)cc1. The van der Waals surface area contributed by atoms with Crippen molar-refractivity contribution in [1.82, 2.24) is 0 Å². The molecular weight excluding hydrogens is 1000 g/mol. The summed E-state index contributed by atoms with van der Waals surface area (Å²) in [5.74, 6) is 0. The second kappa shape index (κ2) is 26.9. The van der Waals surface area contributed by atoms with E-state index in [-0.39, 0.29) is 0 Å². The van der Waals surface area contributed by atoms with Gasteiger partial charge < -0.3 is 13.6 Å². The topological polar surface area (TPSA) is 63.8 Å². The van der Waals surface area contributed by atoms with Gasteiger partial charge in [0.25, 0.3) is 0 Å². The average molecular weight is 1070 g/mol. The lowest BCUT2D eigenvalue weighted by Gasteiger charge is -2.34. The summed E-state index contributed by atoms with van der Waals surface area (Å²) in [4.78, 5) is 0. The van der Waals surface area contributed by atoms with E-state index >= 15 is 0 Å². The first-order chi connectivity index (χ1) is 38.4. The van der Waals surface area contributed by atoms with Crippen molar-refractivity contribution >= 4 is 42.0 Å². The summed E-state index contributed by atoms with van der Waals surface area (Å²) in [5, 5.41) is 0. The van der Waals surface area contributed by atoms with Crippen LogP contribution >= 0.6 is 0 Å². The van der Waals surface area contributed by atoms with Crippen LogP contribution in [-0.2, 0) is 68.0 Å². The Hall–Kier alpha value is -7.87. The first kappa shape index (κ1) is 53.5. The summed E-state index contributed by atoms with van der Waals surface area (Å²) in [6.45, 7) is 0. The van der Waals surface area contributed by atoms with Crippen molar-refractivity contribution in [3.8, 4) is 0 Å². The van der Waals surface area contributed by atoms with Crippen LogP contribution in [0.1, 0.15) is 50.1 Å². The number of benzene rings is 10. The summed E-state index contributed by atoms with van der Waals surface area (Å²) < 4.78 is 22.4. The number of hydrogen-bond donors (Lipinski definition) is 3. The standard InChI is InChI=1S/C69H69N3O3Si3/c1-10-28-58(29-11-1)49-76(50-59-30-12-2-13-31-59,51-60-32-14-3-15-33-60)73-70-67-46-68(71-74-77(52-61-34-16-4-17-35-61,53-62-36-18-5-19-37-62)54-63-38-20-6-21-39-63)48-69(47-67)72-75-78(55-64-40-22-7-23-41-64,56-65-42-24-8-25-43-65)57-66-44-26-9-27-45-66/h1-48,70-72H,49-57H2.